The Bertz CT molecular complexity index is 460. The van der Waals surface area contributed by atoms with Crippen molar-refractivity contribution < 1.29 is 14.3 Å². The van der Waals surface area contributed by atoms with Crippen LogP contribution in [-0.2, 0) is 9.53 Å². The average molecular weight is 278 g/mol. The van der Waals surface area contributed by atoms with Crippen LogP contribution in [0, 0.1) is 0 Å². The molecule has 1 aromatic carbocycles. The van der Waals surface area contributed by atoms with Crippen molar-refractivity contribution in [2.24, 2.45) is 5.73 Å². The number of unbranched alkanes of at least 4 members (excludes halogenated alkanes) is 1. The molecule has 0 aliphatic carbocycles. The topological polar surface area (TPSA) is 81.4 Å². The van der Waals surface area contributed by atoms with Crippen LogP contribution in [0.15, 0.2) is 24.3 Å². The Kier molecular flexibility index (Phi) is 6.73. The Hall–Kier alpha value is -1.88. The number of rotatable bonds is 7. The van der Waals surface area contributed by atoms with Crippen LogP contribution in [0.2, 0.25) is 0 Å². The molecular formula is C15H22N2O3. The summed E-state index contributed by atoms with van der Waals surface area (Å²) in [6.07, 6.45) is 2.57. The monoisotopic (exact) mass is 278 g/mol. The van der Waals surface area contributed by atoms with Crippen molar-refractivity contribution in [3.63, 3.8) is 0 Å². The van der Waals surface area contributed by atoms with E-state index in [0.717, 1.165) is 12.8 Å². The smallest absolute Gasteiger partial charge is 0.338 e. The van der Waals surface area contributed by atoms with Crippen LogP contribution in [0.5, 0.6) is 0 Å². The maximum absolute atomic E-state index is 11.9. The number of carbonyl (C=O) groups is 2. The molecule has 20 heavy (non-hydrogen) atoms. The second kappa shape index (κ2) is 8.32. The lowest BCUT2D eigenvalue weighted by molar-refractivity contribution is -0.117. The fourth-order valence-electron chi connectivity index (χ4n) is 1.73. The molecule has 1 atom stereocenters. The van der Waals surface area contributed by atoms with Crippen molar-refractivity contribution in [3.8, 4) is 0 Å². The van der Waals surface area contributed by atoms with Gasteiger partial charge in [0.15, 0.2) is 0 Å². The number of esters is 1. The predicted molar refractivity (Wildman–Crippen MR) is 78.5 cm³/mol. The number of nitrogens with one attached hydrogen (secondary N) is 1. The molecule has 3 N–H and O–H groups in total. The van der Waals surface area contributed by atoms with E-state index in [1.165, 1.54) is 0 Å². The minimum absolute atomic E-state index is 0.237. The lowest BCUT2D eigenvalue weighted by Crippen LogP contribution is -2.35. The van der Waals surface area contributed by atoms with Crippen molar-refractivity contribution >= 4 is 17.6 Å². The van der Waals surface area contributed by atoms with Crippen LogP contribution in [-0.4, -0.2) is 24.5 Å². The van der Waals surface area contributed by atoms with Crippen LogP contribution < -0.4 is 11.1 Å². The number of carbonyl (C=O) groups excluding carboxylic acids is 2. The van der Waals surface area contributed by atoms with Crippen molar-refractivity contribution in [3.05, 3.63) is 29.8 Å². The molecule has 0 aliphatic rings. The molecule has 110 valence electrons. The first-order chi connectivity index (χ1) is 9.58. The van der Waals surface area contributed by atoms with Gasteiger partial charge >= 0.3 is 5.97 Å². The number of anilines is 1. The third-order valence-corrected chi connectivity index (χ3v) is 2.85. The first kappa shape index (κ1) is 16.2. The van der Waals surface area contributed by atoms with Crippen molar-refractivity contribution in [2.75, 3.05) is 11.9 Å². The summed E-state index contributed by atoms with van der Waals surface area (Å²) in [5.41, 5.74) is 6.75. The standard InChI is InChI=1S/C15H22N2O3/c1-3-5-9-13(16)14(18)17-12-8-6-7-11(10-12)15(19)20-4-2/h6-8,10,13H,3-5,9,16H2,1-2H3,(H,17,18). The Morgan fingerprint density at radius 1 is 1.35 bits per heavy atom. The number of benzene rings is 1. The van der Waals surface area contributed by atoms with Gasteiger partial charge in [-0.25, -0.2) is 4.79 Å². The second-order valence-corrected chi connectivity index (χ2v) is 4.54. The summed E-state index contributed by atoms with van der Waals surface area (Å²) in [7, 11) is 0. The zero-order valence-electron chi connectivity index (χ0n) is 12.0. The molecule has 0 heterocycles. The van der Waals surface area contributed by atoms with Gasteiger partial charge in [-0.15, -0.1) is 0 Å². The maximum Gasteiger partial charge on any atom is 0.338 e. The predicted octanol–water partition coefficient (Wildman–Crippen LogP) is 2.32. The summed E-state index contributed by atoms with van der Waals surface area (Å²) in [6.45, 7) is 4.11. The lowest BCUT2D eigenvalue weighted by Gasteiger charge is -2.12. The molecule has 1 rings (SSSR count). The van der Waals surface area contributed by atoms with E-state index in [-0.39, 0.29) is 5.91 Å². The van der Waals surface area contributed by atoms with Gasteiger partial charge in [-0.05, 0) is 31.5 Å². The first-order valence-electron chi connectivity index (χ1n) is 6.92. The van der Waals surface area contributed by atoms with E-state index in [4.69, 9.17) is 10.5 Å². The third kappa shape index (κ3) is 5.01. The minimum atomic E-state index is -0.527. The zero-order valence-corrected chi connectivity index (χ0v) is 12.0. The molecule has 0 spiro atoms. The van der Waals surface area contributed by atoms with E-state index in [9.17, 15) is 9.59 Å². The molecule has 0 radical (unpaired) electrons. The zero-order chi connectivity index (χ0) is 15.0. The Balaban J connectivity index is 2.66. The fraction of sp³-hybridized carbons (Fsp3) is 0.467. The Morgan fingerprint density at radius 3 is 2.75 bits per heavy atom. The molecule has 0 fully saturated rings. The van der Waals surface area contributed by atoms with E-state index in [2.05, 4.69) is 5.32 Å². The van der Waals surface area contributed by atoms with Crippen LogP contribution in [0.3, 0.4) is 0 Å². The van der Waals surface area contributed by atoms with Gasteiger partial charge in [0.2, 0.25) is 5.91 Å². The second-order valence-electron chi connectivity index (χ2n) is 4.54. The van der Waals surface area contributed by atoms with E-state index >= 15 is 0 Å². The quantitative estimate of drug-likeness (QED) is 0.750. The van der Waals surface area contributed by atoms with Gasteiger partial charge < -0.3 is 15.8 Å². The van der Waals surface area contributed by atoms with Crippen molar-refractivity contribution in [1.29, 1.82) is 0 Å². The van der Waals surface area contributed by atoms with Crippen LogP contribution >= 0.6 is 0 Å². The van der Waals surface area contributed by atoms with Gasteiger partial charge in [0, 0.05) is 5.69 Å². The summed E-state index contributed by atoms with van der Waals surface area (Å²) in [4.78, 5) is 23.5. The number of amides is 1. The molecule has 5 nitrogen and oxygen atoms in total. The highest BCUT2D eigenvalue weighted by Crippen LogP contribution is 2.12. The van der Waals surface area contributed by atoms with Crippen molar-refractivity contribution in [1.82, 2.24) is 0 Å². The van der Waals surface area contributed by atoms with E-state index in [1.807, 2.05) is 6.92 Å². The number of hydrogen-bond acceptors (Lipinski definition) is 4. The largest absolute Gasteiger partial charge is 0.462 e. The number of nitrogens with two attached hydrogens (primary N) is 1. The molecular weight excluding hydrogens is 256 g/mol. The minimum Gasteiger partial charge on any atom is -0.462 e. The highest BCUT2D eigenvalue weighted by atomic mass is 16.5. The molecule has 0 saturated heterocycles. The summed E-state index contributed by atoms with van der Waals surface area (Å²) >= 11 is 0. The number of hydrogen-bond donors (Lipinski definition) is 2. The van der Waals surface area contributed by atoms with E-state index < -0.39 is 12.0 Å². The van der Waals surface area contributed by atoms with Crippen LogP contribution in [0.4, 0.5) is 5.69 Å². The maximum atomic E-state index is 11.9. The van der Waals surface area contributed by atoms with E-state index in [1.54, 1.807) is 31.2 Å². The summed E-state index contributed by atoms with van der Waals surface area (Å²) in [5, 5.41) is 2.72. The highest BCUT2D eigenvalue weighted by Gasteiger charge is 2.14. The third-order valence-electron chi connectivity index (χ3n) is 2.85. The molecule has 0 aromatic heterocycles. The Morgan fingerprint density at radius 2 is 2.10 bits per heavy atom. The summed E-state index contributed by atoms with van der Waals surface area (Å²) < 4.78 is 4.91. The van der Waals surface area contributed by atoms with Crippen molar-refractivity contribution in [2.45, 2.75) is 39.2 Å². The van der Waals surface area contributed by atoms with Gasteiger partial charge in [0.05, 0.1) is 18.2 Å². The average Bonchev–Trinajstić information content (AvgIpc) is 2.45. The van der Waals surface area contributed by atoms with Gasteiger partial charge in [0.25, 0.3) is 0 Å². The first-order valence-corrected chi connectivity index (χ1v) is 6.92. The number of ether oxygens (including phenoxy) is 1. The highest BCUT2D eigenvalue weighted by molar-refractivity contribution is 5.96. The molecule has 1 amide bonds. The van der Waals surface area contributed by atoms with Crippen LogP contribution in [0.25, 0.3) is 0 Å². The summed E-state index contributed by atoms with van der Waals surface area (Å²) in [5.74, 6) is -0.640. The molecule has 5 heteroatoms. The van der Waals surface area contributed by atoms with E-state index in [0.29, 0.717) is 24.3 Å². The molecule has 0 saturated carbocycles. The van der Waals surface area contributed by atoms with Gasteiger partial charge in [0.1, 0.15) is 0 Å². The lowest BCUT2D eigenvalue weighted by atomic mass is 10.1. The molecule has 0 bridgehead atoms. The summed E-state index contributed by atoms with van der Waals surface area (Å²) in [6, 6.07) is 6.11. The van der Waals surface area contributed by atoms with Crippen LogP contribution in [0.1, 0.15) is 43.5 Å². The van der Waals surface area contributed by atoms with Gasteiger partial charge in [-0.1, -0.05) is 25.8 Å². The van der Waals surface area contributed by atoms with Gasteiger partial charge in [-0.2, -0.15) is 0 Å². The SMILES string of the molecule is CCCCC(N)C(=O)Nc1cccc(C(=O)OCC)c1. The molecule has 1 aromatic rings. The Labute approximate surface area is 119 Å². The van der Waals surface area contributed by atoms with Gasteiger partial charge in [-0.3, -0.25) is 4.79 Å². The fourth-order valence-corrected chi connectivity index (χ4v) is 1.73. The normalized spacial score (nSPS) is 11.8. The molecule has 0 aliphatic heterocycles. The molecule has 1 unspecified atom stereocenters.